The Balaban J connectivity index is 1.67. The van der Waals surface area contributed by atoms with Crippen LogP contribution in [0, 0.1) is 0 Å². The summed E-state index contributed by atoms with van der Waals surface area (Å²) in [4.78, 5) is 14.3. The first kappa shape index (κ1) is 15.4. The molecule has 112 valence electrons. The van der Waals surface area contributed by atoms with Crippen LogP contribution in [0.25, 0.3) is 0 Å². The molecule has 0 spiro atoms. The summed E-state index contributed by atoms with van der Waals surface area (Å²) >= 11 is 1.58. The van der Waals surface area contributed by atoms with E-state index in [2.05, 4.69) is 34.4 Å². The number of piperidine rings is 1. The van der Waals surface area contributed by atoms with Crippen LogP contribution in [0.4, 0.5) is 0 Å². The summed E-state index contributed by atoms with van der Waals surface area (Å²) < 4.78 is 0. The number of hydrogen-bond donors (Lipinski definition) is 1. The predicted molar refractivity (Wildman–Crippen MR) is 80.6 cm³/mol. The first-order chi connectivity index (χ1) is 9.69. The normalized spacial score (nSPS) is 20.0. The van der Waals surface area contributed by atoms with Gasteiger partial charge in [0.2, 0.25) is 5.91 Å². The fourth-order valence-electron chi connectivity index (χ4n) is 2.57. The molecule has 2 heterocycles. The van der Waals surface area contributed by atoms with E-state index in [0.29, 0.717) is 19.0 Å². The summed E-state index contributed by atoms with van der Waals surface area (Å²) in [5.74, 6) is 0.122. The quantitative estimate of drug-likeness (QED) is 0.872. The standard InChI is InChI=1S/C14H24N4OS/c1-3-13-16-17-14(20-13)10-15-12(19)8-7-11-6-4-5-9-18(11)2/h11H,3-10H2,1-2H3,(H,15,19)/t11-/m0/s1. The average molecular weight is 296 g/mol. The molecule has 0 radical (unpaired) electrons. The van der Waals surface area contributed by atoms with Crippen LogP contribution in [0.5, 0.6) is 0 Å². The molecule has 0 bridgehead atoms. The van der Waals surface area contributed by atoms with Crippen molar-refractivity contribution in [2.24, 2.45) is 0 Å². The molecule has 1 saturated heterocycles. The van der Waals surface area contributed by atoms with Gasteiger partial charge in [0.1, 0.15) is 10.0 Å². The molecule has 1 aromatic rings. The number of carbonyl (C=O) groups excluding carboxylic acids is 1. The molecule has 1 amide bonds. The molecule has 1 atom stereocenters. The summed E-state index contributed by atoms with van der Waals surface area (Å²) in [6.07, 6.45) is 6.27. The van der Waals surface area contributed by atoms with Crippen LogP contribution in [0.3, 0.4) is 0 Å². The Labute approximate surface area is 124 Å². The van der Waals surface area contributed by atoms with Gasteiger partial charge >= 0.3 is 0 Å². The van der Waals surface area contributed by atoms with E-state index in [1.165, 1.54) is 19.3 Å². The highest BCUT2D eigenvalue weighted by molar-refractivity contribution is 7.11. The highest BCUT2D eigenvalue weighted by Crippen LogP contribution is 2.18. The fraction of sp³-hybridized carbons (Fsp3) is 0.786. The molecular weight excluding hydrogens is 272 g/mol. The smallest absolute Gasteiger partial charge is 0.220 e. The summed E-state index contributed by atoms with van der Waals surface area (Å²) in [5, 5.41) is 13.0. The Morgan fingerprint density at radius 2 is 2.20 bits per heavy atom. The van der Waals surface area contributed by atoms with Gasteiger partial charge in [-0.3, -0.25) is 4.79 Å². The van der Waals surface area contributed by atoms with Crippen LogP contribution < -0.4 is 5.32 Å². The van der Waals surface area contributed by atoms with Gasteiger partial charge in [-0.05, 0) is 39.3 Å². The number of aromatic nitrogens is 2. The van der Waals surface area contributed by atoms with Crippen LogP contribution in [-0.2, 0) is 17.8 Å². The number of likely N-dealkylation sites (tertiary alicyclic amines) is 1. The lowest BCUT2D eigenvalue weighted by Gasteiger charge is -2.32. The van der Waals surface area contributed by atoms with E-state index < -0.39 is 0 Å². The molecule has 6 heteroatoms. The number of nitrogens with zero attached hydrogens (tertiary/aromatic N) is 3. The first-order valence-electron chi connectivity index (χ1n) is 7.47. The molecule has 0 saturated carbocycles. The Morgan fingerprint density at radius 1 is 1.40 bits per heavy atom. The van der Waals surface area contributed by atoms with Gasteiger partial charge in [-0.1, -0.05) is 24.7 Å². The van der Waals surface area contributed by atoms with E-state index in [4.69, 9.17) is 0 Å². The van der Waals surface area contributed by atoms with Gasteiger partial charge in [-0.25, -0.2) is 0 Å². The van der Waals surface area contributed by atoms with E-state index in [1.807, 2.05) is 0 Å². The second-order valence-electron chi connectivity index (χ2n) is 5.39. The topological polar surface area (TPSA) is 58.1 Å². The lowest BCUT2D eigenvalue weighted by atomic mass is 9.98. The first-order valence-corrected chi connectivity index (χ1v) is 8.29. The van der Waals surface area contributed by atoms with Gasteiger partial charge in [0.15, 0.2) is 0 Å². The third-order valence-corrected chi connectivity index (χ3v) is 4.94. The molecule has 2 rings (SSSR count). The second kappa shape index (κ2) is 7.69. The van der Waals surface area contributed by atoms with Crippen LogP contribution >= 0.6 is 11.3 Å². The van der Waals surface area contributed by atoms with E-state index in [9.17, 15) is 4.79 Å². The molecule has 1 fully saturated rings. The number of carbonyl (C=O) groups is 1. The number of nitrogens with one attached hydrogen (secondary N) is 1. The molecule has 0 aromatic carbocycles. The lowest BCUT2D eigenvalue weighted by molar-refractivity contribution is -0.121. The van der Waals surface area contributed by atoms with E-state index >= 15 is 0 Å². The van der Waals surface area contributed by atoms with Crippen LogP contribution in [0.15, 0.2) is 0 Å². The monoisotopic (exact) mass is 296 g/mol. The Hall–Kier alpha value is -1.01. The minimum absolute atomic E-state index is 0.122. The fourth-order valence-corrected chi connectivity index (χ4v) is 3.30. The number of aryl methyl sites for hydroxylation is 1. The molecule has 5 nitrogen and oxygen atoms in total. The molecular formula is C14H24N4OS. The van der Waals surface area contributed by atoms with Crippen molar-refractivity contribution in [1.29, 1.82) is 0 Å². The van der Waals surface area contributed by atoms with Crippen molar-refractivity contribution in [3.05, 3.63) is 10.0 Å². The molecule has 1 aromatic heterocycles. The summed E-state index contributed by atoms with van der Waals surface area (Å²) in [6.45, 7) is 3.73. The van der Waals surface area contributed by atoms with Gasteiger partial charge in [-0.15, -0.1) is 10.2 Å². The maximum absolute atomic E-state index is 11.9. The minimum Gasteiger partial charge on any atom is -0.350 e. The zero-order valence-electron chi connectivity index (χ0n) is 12.4. The van der Waals surface area contributed by atoms with Gasteiger partial charge in [0.25, 0.3) is 0 Å². The number of amides is 1. The largest absolute Gasteiger partial charge is 0.350 e. The SMILES string of the molecule is CCc1nnc(CNC(=O)CC[C@@H]2CCCCN2C)s1. The molecule has 20 heavy (non-hydrogen) atoms. The highest BCUT2D eigenvalue weighted by atomic mass is 32.1. The van der Waals surface area contributed by atoms with Crippen molar-refractivity contribution < 1.29 is 4.79 Å². The van der Waals surface area contributed by atoms with Crippen molar-refractivity contribution in [2.45, 2.75) is 58.0 Å². The zero-order chi connectivity index (χ0) is 14.4. The Kier molecular flexibility index (Phi) is 5.91. The minimum atomic E-state index is 0.122. The van der Waals surface area contributed by atoms with Crippen molar-refractivity contribution in [1.82, 2.24) is 20.4 Å². The Bertz CT molecular complexity index is 435. The summed E-state index contributed by atoms with van der Waals surface area (Å²) in [5.41, 5.74) is 0. The number of rotatable bonds is 6. The lowest BCUT2D eigenvalue weighted by Crippen LogP contribution is -2.37. The molecule has 0 aliphatic carbocycles. The van der Waals surface area contributed by atoms with Gasteiger partial charge in [0.05, 0.1) is 6.54 Å². The van der Waals surface area contributed by atoms with Gasteiger partial charge in [0, 0.05) is 12.5 Å². The summed E-state index contributed by atoms with van der Waals surface area (Å²) in [7, 11) is 2.16. The third kappa shape index (κ3) is 4.52. The maximum Gasteiger partial charge on any atom is 0.220 e. The van der Waals surface area contributed by atoms with E-state index in [0.717, 1.165) is 29.4 Å². The second-order valence-corrected chi connectivity index (χ2v) is 6.54. The van der Waals surface area contributed by atoms with Crippen molar-refractivity contribution in [2.75, 3.05) is 13.6 Å². The van der Waals surface area contributed by atoms with Crippen LogP contribution in [-0.4, -0.2) is 40.6 Å². The molecule has 1 aliphatic rings. The van der Waals surface area contributed by atoms with Crippen LogP contribution in [0.1, 0.15) is 49.0 Å². The molecule has 1 aliphatic heterocycles. The molecule has 1 N–H and O–H groups in total. The molecule has 0 unspecified atom stereocenters. The van der Waals surface area contributed by atoms with Gasteiger partial charge in [-0.2, -0.15) is 0 Å². The van der Waals surface area contributed by atoms with Crippen LogP contribution in [0.2, 0.25) is 0 Å². The van der Waals surface area contributed by atoms with Gasteiger partial charge < -0.3 is 10.2 Å². The highest BCUT2D eigenvalue weighted by Gasteiger charge is 2.19. The van der Waals surface area contributed by atoms with Crippen molar-refractivity contribution in [3.63, 3.8) is 0 Å². The summed E-state index contributed by atoms with van der Waals surface area (Å²) in [6, 6.07) is 0.572. The third-order valence-electron chi connectivity index (χ3n) is 3.87. The average Bonchev–Trinajstić information content (AvgIpc) is 2.92. The van der Waals surface area contributed by atoms with Crippen molar-refractivity contribution >= 4 is 17.2 Å². The van der Waals surface area contributed by atoms with Crippen molar-refractivity contribution in [3.8, 4) is 0 Å². The number of hydrogen-bond acceptors (Lipinski definition) is 5. The predicted octanol–water partition coefficient (Wildman–Crippen LogP) is 1.98. The zero-order valence-corrected chi connectivity index (χ0v) is 13.2. The van der Waals surface area contributed by atoms with E-state index in [-0.39, 0.29) is 5.91 Å². The Morgan fingerprint density at radius 3 is 2.90 bits per heavy atom. The van der Waals surface area contributed by atoms with E-state index in [1.54, 1.807) is 11.3 Å². The maximum atomic E-state index is 11.9.